The molecule has 0 spiro atoms. The van der Waals surface area contributed by atoms with Gasteiger partial charge in [0.05, 0.1) is 26.8 Å². The average molecular weight is 475 g/mol. The number of non-ortho nitro benzene ring substituents is 1. The zero-order valence-corrected chi connectivity index (χ0v) is 17.3. The number of benzene rings is 3. The van der Waals surface area contributed by atoms with Crippen molar-refractivity contribution in [3.63, 3.8) is 0 Å². The lowest BCUT2D eigenvalue weighted by atomic mass is 10.1. The molecule has 0 radical (unpaired) electrons. The number of nitrogens with zero attached hydrogens (tertiary/aromatic N) is 1. The molecule has 0 aromatic heterocycles. The van der Waals surface area contributed by atoms with Crippen LogP contribution < -0.4 is 5.32 Å². The summed E-state index contributed by atoms with van der Waals surface area (Å²) in [5.41, 5.74) is -0.620. The molecule has 0 saturated carbocycles. The number of esters is 1. The molecule has 0 atom stereocenters. The summed E-state index contributed by atoms with van der Waals surface area (Å²) < 4.78 is 31.2. The van der Waals surface area contributed by atoms with E-state index in [4.69, 9.17) is 16.3 Å². The maximum absolute atomic E-state index is 13.3. The zero-order chi connectivity index (χ0) is 24.1. The third-order valence-corrected chi connectivity index (χ3v) is 4.69. The van der Waals surface area contributed by atoms with E-state index in [0.29, 0.717) is 6.07 Å². The number of ether oxygens (including phenoxy) is 1. The summed E-state index contributed by atoms with van der Waals surface area (Å²) in [7, 11) is 0. The highest BCUT2D eigenvalue weighted by Crippen LogP contribution is 2.24. The number of hydrogen-bond donors (Lipinski definition) is 1. The summed E-state index contributed by atoms with van der Waals surface area (Å²) in [4.78, 5) is 47.3. The van der Waals surface area contributed by atoms with E-state index < -0.39 is 40.8 Å². The second kappa shape index (κ2) is 9.96. The minimum atomic E-state index is -1.22. The first kappa shape index (κ1) is 23.5. The van der Waals surface area contributed by atoms with Crippen molar-refractivity contribution >= 4 is 40.6 Å². The van der Waals surface area contributed by atoms with Crippen LogP contribution in [0.25, 0.3) is 0 Å². The molecular formula is C22H13ClF2N2O6. The van der Waals surface area contributed by atoms with Gasteiger partial charge in [-0.25, -0.2) is 13.6 Å². The fourth-order valence-electron chi connectivity index (χ4n) is 2.72. The van der Waals surface area contributed by atoms with E-state index in [-0.39, 0.29) is 33.1 Å². The van der Waals surface area contributed by atoms with E-state index >= 15 is 0 Å². The number of Topliss-reactive ketones (excluding diaryl/α,β-unsaturated/α-hetero) is 1. The maximum atomic E-state index is 13.3. The lowest BCUT2D eigenvalue weighted by Crippen LogP contribution is -2.18. The summed E-state index contributed by atoms with van der Waals surface area (Å²) in [6.07, 6.45) is 0. The van der Waals surface area contributed by atoms with Gasteiger partial charge in [-0.15, -0.1) is 0 Å². The first-order chi connectivity index (χ1) is 15.7. The lowest BCUT2D eigenvalue weighted by Gasteiger charge is -2.11. The Labute approximate surface area is 189 Å². The number of halogens is 3. The second-order valence-corrected chi connectivity index (χ2v) is 6.96. The van der Waals surface area contributed by atoms with Gasteiger partial charge < -0.3 is 10.1 Å². The lowest BCUT2D eigenvalue weighted by molar-refractivity contribution is -0.384. The minimum absolute atomic E-state index is 0.0298. The third kappa shape index (κ3) is 5.55. The first-order valence-electron chi connectivity index (χ1n) is 9.17. The van der Waals surface area contributed by atoms with Crippen molar-refractivity contribution in [1.82, 2.24) is 0 Å². The van der Waals surface area contributed by atoms with Crippen molar-refractivity contribution in [3.8, 4) is 0 Å². The van der Waals surface area contributed by atoms with Gasteiger partial charge in [0.15, 0.2) is 24.0 Å². The summed E-state index contributed by atoms with van der Waals surface area (Å²) in [6, 6.07) is 11.5. The van der Waals surface area contributed by atoms with Gasteiger partial charge in [-0.3, -0.25) is 19.7 Å². The summed E-state index contributed by atoms with van der Waals surface area (Å²) in [5, 5.41) is 13.1. The molecule has 3 rings (SSSR count). The summed E-state index contributed by atoms with van der Waals surface area (Å²) in [5.74, 6) is -4.81. The molecule has 0 aliphatic heterocycles. The number of hydrogen-bond acceptors (Lipinski definition) is 6. The van der Waals surface area contributed by atoms with E-state index in [1.54, 1.807) is 0 Å². The molecule has 1 N–H and O–H groups in total. The van der Waals surface area contributed by atoms with Gasteiger partial charge in [0.1, 0.15) is 0 Å². The molecule has 0 heterocycles. The van der Waals surface area contributed by atoms with Crippen molar-refractivity contribution in [2.45, 2.75) is 0 Å². The number of carbonyl (C=O) groups is 3. The molecule has 0 fully saturated rings. The van der Waals surface area contributed by atoms with Gasteiger partial charge in [-0.05, 0) is 36.4 Å². The largest absolute Gasteiger partial charge is 0.454 e. The molecule has 8 nitrogen and oxygen atoms in total. The maximum Gasteiger partial charge on any atom is 0.340 e. The molecular weight excluding hydrogens is 462 g/mol. The van der Waals surface area contributed by atoms with E-state index in [1.807, 2.05) is 0 Å². The number of amides is 1. The molecule has 0 aliphatic rings. The second-order valence-electron chi connectivity index (χ2n) is 6.55. The smallest absolute Gasteiger partial charge is 0.340 e. The predicted molar refractivity (Wildman–Crippen MR) is 113 cm³/mol. The zero-order valence-electron chi connectivity index (χ0n) is 16.5. The van der Waals surface area contributed by atoms with Crippen LogP contribution in [0.2, 0.25) is 5.02 Å². The fourth-order valence-corrected chi connectivity index (χ4v) is 2.98. The van der Waals surface area contributed by atoms with Crippen LogP contribution in [0.3, 0.4) is 0 Å². The molecule has 3 aromatic carbocycles. The van der Waals surface area contributed by atoms with Crippen LogP contribution in [0.15, 0.2) is 60.7 Å². The Hall–Kier alpha value is -4.18. The minimum Gasteiger partial charge on any atom is -0.454 e. The monoisotopic (exact) mass is 474 g/mol. The number of rotatable bonds is 7. The number of ketones is 1. The Morgan fingerprint density at radius 3 is 2.36 bits per heavy atom. The van der Waals surface area contributed by atoms with Gasteiger partial charge in [0, 0.05) is 17.7 Å². The molecule has 168 valence electrons. The van der Waals surface area contributed by atoms with Crippen molar-refractivity contribution in [2.75, 3.05) is 11.9 Å². The number of carbonyl (C=O) groups excluding carboxylic acids is 3. The normalized spacial score (nSPS) is 10.4. The first-order valence-corrected chi connectivity index (χ1v) is 9.55. The average Bonchev–Trinajstić information content (AvgIpc) is 2.79. The molecule has 0 saturated heterocycles. The van der Waals surface area contributed by atoms with E-state index in [1.165, 1.54) is 24.3 Å². The van der Waals surface area contributed by atoms with Crippen LogP contribution in [0.5, 0.6) is 0 Å². The summed E-state index contributed by atoms with van der Waals surface area (Å²) >= 11 is 5.96. The van der Waals surface area contributed by atoms with Crippen molar-refractivity contribution in [3.05, 3.63) is 104 Å². The predicted octanol–water partition coefficient (Wildman–Crippen LogP) is 4.82. The standard InChI is InChI=1S/C22H13ClF2N2O6/c23-16-10-13(27(31)32)6-7-14(16)21(29)26-19-4-2-1-3-15(19)22(30)33-11-20(28)12-5-8-17(24)18(25)9-12/h1-10H,11H2,(H,26,29). The van der Waals surface area contributed by atoms with Crippen LogP contribution in [0.1, 0.15) is 31.1 Å². The van der Waals surface area contributed by atoms with Gasteiger partial charge in [0.2, 0.25) is 0 Å². The van der Waals surface area contributed by atoms with Gasteiger partial charge in [0.25, 0.3) is 11.6 Å². The van der Waals surface area contributed by atoms with Gasteiger partial charge >= 0.3 is 5.97 Å². The molecule has 11 heteroatoms. The number of anilines is 1. The van der Waals surface area contributed by atoms with Crippen molar-refractivity contribution < 1.29 is 32.8 Å². The Balaban J connectivity index is 1.72. The SMILES string of the molecule is O=C(COC(=O)c1ccccc1NC(=O)c1ccc([N+](=O)[O-])cc1Cl)c1ccc(F)c(F)c1. The number of para-hydroxylation sites is 1. The molecule has 3 aromatic rings. The highest BCUT2D eigenvalue weighted by atomic mass is 35.5. The Morgan fingerprint density at radius 2 is 1.70 bits per heavy atom. The molecule has 33 heavy (non-hydrogen) atoms. The molecule has 1 amide bonds. The van der Waals surface area contributed by atoms with Crippen LogP contribution in [-0.4, -0.2) is 29.2 Å². The van der Waals surface area contributed by atoms with E-state index in [0.717, 1.165) is 30.3 Å². The topological polar surface area (TPSA) is 116 Å². The molecule has 0 bridgehead atoms. The number of nitrogens with one attached hydrogen (secondary N) is 1. The molecule has 0 aliphatic carbocycles. The summed E-state index contributed by atoms with van der Waals surface area (Å²) in [6.45, 7) is -0.750. The quantitative estimate of drug-likeness (QED) is 0.227. The Bertz CT molecular complexity index is 1280. The van der Waals surface area contributed by atoms with E-state index in [2.05, 4.69) is 5.32 Å². The fraction of sp³-hybridized carbons (Fsp3) is 0.0455. The van der Waals surface area contributed by atoms with Crippen LogP contribution in [-0.2, 0) is 4.74 Å². The van der Waals surface area contributed by atoms with Crippen molar-refractivity contribution in [1.29, 1.82) is 0 Å². The van der Waals surface area contributed by atoms with Crippen LogP contribution in [0.4, 0.5) is 20.2 Å². The highest BCUT2D eigenvalue weighted by molar-refractivity contribution is 6.34. The van der Waals surface area contributed by atoms with Crippen LogP contribution in [0, 0.1) is 21.7 Å². The van der Waals surface area contributed by atoms with Crippen LogP contribution >= 0.6 is 11.6 Å². The van der Waals surface area contributed by atoms with Gasteiger partial charge in [-0.1, -0.05) is 23.7 Å². The number of nitro groups is 1. The van der Waals surface area contributed by atoms with Gasteiger partial charge in [-0.2, -0.15) is 0 Å². The van der Waals surface area contributed by atoms with Crippen molar-refractivity contribution in [2.24, 2.45) is 0 Å². The highest BCUT2D eigenvalue weighted by Gasteiger charge is 2.20. The third-order valence-electron chi connectivity index (χ3n) is 4.38. The number of nitro benzene ring substituents is 1. The molecule has 0 unspecified atom stereocenters. The Morgan fingerprint density at radius 1 is 0.970 bits per heavy atom. The van der Waals surface area contributed by atoms with E-state index in [9.17, 15) is 33.3 Å². The Kier molecular flexibility index (Phi) is 7.09.